The summed E-state index contributed by atoms with van der Waals surface area (Å²) in [4.78, 5) is 6.82. The van der Waals surface area contributed by atoms with Gasteiger partial charge in [-0.05, 0) is 74.2 Å². The SMILES string of the molecule is Cc1ccc(C2CCN(Cc3ccc(-n4cccn4)c(F)c3)CC2)cn1. The largest absolute Gasteiger partial charge is 0.299 e. The predicted octanol–water partition coefficient (Wildman–Crippen LogP) is 4.09. The lowest BCUT2D eigenvalue weighted by Crippen LogP contribution is -2.32. The van der Waals surface area contributed by atoms with Crippen LogP contribution in [0.2, 0.25) is 0 Å². The number of pyridine rings is 1. The Morgan fingerprint density at radius 2 is 2.00 bits per heavy atom. The monoisotopic (exact) mass is 350 g/mol. The van der Waals surface area contributed by atoms with Crippen molar-refractivity contribution in [2.24, 2.45) is 0 Å². The molecular formula is C21H23FN4. The summed E-state index contributed by atoms with van der Waals surface area (Å²) in [6.07, 6.45) is 7.67. The van der Waals surface area contributed by atoms with Crippen molar-refractivity contribution in [2.75, 3.05) is 13.1 Å². The highest BCUT2D eigenvalue weighted by Gasteiger charge is 2.21. The van der Waals surface area contributed by atoms with Crippen molar-refractivity contribution in [3.05, 3.63) is 77.6 Å². The number of rotatable bonds is 4. The number of piperidine rings is 1. The molecule has 1 fully saturated rings. The first-order chi connectivity index (χ1) is 12.7. The van der Waals surface area contributed by atoms with E-state index >= 15 is 0 Å². The van der Waals surface area contributed by atoms with Crippen LogP contribution in [0.15, 0.2) is 55.0 Å². The lowest BCUT2D eigenvalue weighted by Gasteiger charge is -2.32. The van der Waals surface area contributed by atoms with Crippen molar-refractivity contribution in [3.63, 3.8) is 0 Å². The zero-order valence-corrected chi connectivity index (χ0v) is 15.0. The van der Waals surface area contributed by atoms with E-state index in [1.54, 1.807) is 29.2 Å². The van der Waals surface area contributed by atoms with E-state index in [9.17, 15) is 4.39 Å². The topological polar surface area (TPSA) is 34.0 Å². The van der Waals surface area contributed by atoms with E-state index in [0.717, 1.165) is 43.7 Å². The minimum Gasteiger partial charge on any atom is -0.299 e. The molecule has 0 unspecified atom stereocenters. The van der Waals surface area contributed by atoms with Crippen LogP contribution in [0.25, 0.3) is 5.69 Å². The van der Waals surface area contributed by atoms with E-state index in [1.807, 2.05) is 25.3 Å². The zero-order valence-electron chi connectivity index (χ0n) is 15.0. The Morgan fingerprint density at radius 1 is 1.15 bits per heavy atom. The van der Waals surface area contributed by atoms with Crippen LogP contribution < -0.4 is 0 Å². The molecule has 1 aliphatic heterocycles. The van der Waals surface area contributed by atoms with Crippen molar-refractivity contribution >= 4 is 0 Å². The van der Waals surface area contributed by atoms with Crippen LogP contribution in [0.1, 0.15) is 35.6 Å². The van der Waals surface area contributed by atoms with E-state index in [0.29, 0.717) is 11.6 Å². The summed E-state index contributed by atoms with van der Waals surface area (Å²) in [5.41, 5.74) is 3.90. The molecule has 4 rings (SSSR count). The minimum atomic E-state index is -0.230. The Morgan fingerprint density at radius 3 is 2.65 bits per heavy atom. The van der Waals surface area contributed by atoms with Crippen LogP contribution in [0.3, 0.4) is 0 Å². The fraction of sp³-hybridized carbons (Fsp3) is 0.333. The number of aryl methyl sites for hydroxylation is 1. The summed E-state index contributed by atoms with van der Waals surface area (Å²) in [6, 6.07) is 11.5. The first-order valence-corrected chi connectivity index (χ1v) is 9.12. The molecule has 0 bridgehead atoms. The normalized spacial score (nSPS) is 16.1. The first-order valence-electron chi connectivity index (χ1n) is 9.12. The molecule has 3 aromatic rings. The smallest absolute Gasteiger partial charge is 0.149 e. The van der Waals surface area contributed by atoms with Gasteiger partial charge in [0.25, 0.3) is 0 Å². The average molecular weight is 350 g/mol. The minimum absolute atomic E-state index is 0.230. The molecule has 0 radical (unpaired) electrons. The van der Waals surface area contributed by atoms with E-state index in [4.69, 9.17) is 0 Å². The van der Waals surface area contributed by atoms with Crippen molar-refractivity contribution in [1.82, 2.24) is 19.7 Å². The van der Waals surface area contributed by atoms with Crippen molar-refractivity contribution in [1.29, 1.82) is 0 Å². The van der Waals surface area contributed by atoms with Gasteiger partial charge in [0.1, 0.15) is 11.5 Å². The van der Waals surface area contributed by atoms with E-state index in [2.05, 4.69) is 27.1 Å². The Hall–Kier alpha value is -2.53. The second-order valence-electron chi connectivity index (χ2n) is 7.02. The summed E-state index contributed by atoms with van der Waals surface area (Å²) in [5, 5.41) is 4.10. The predicted molar refractivity (Wildman–Crippen MR) is 99.7 cm³/mol. The molecule has 134 valence electrons. The van der Waals surface area contributed by atoms with Crippen LogP contribution in [0, 0.1) is 12.7 Å². The first kappa shape index (κ1) is 16.9. The van der Waals surface area contributed by atoms with Crippen molar-refractivity contribution in [2.45, 2.75) is 32.2 Å². The van der Waals surface area contributed by atoms with Gasteiger partial charge in [0.05, 0.1) is 0 Å². The maximum absolute atomic E-state index is 14.4. The van der Waals surface area contributed by atoms with Gasteiger partial charge in [-0.2, -0.15) is 5.10 Å². The molecule has 0 atom stereocenters. The number of likely N-dealkylation sites (tertiary alicyclic amines) is 1. The maximum atomic E-state index is 14.4. The van der Waals surface area contributed by atoms with Gasteiger partial charge in [0.2, 0.25) is 0 Å². The molecule has 3 heterocycles. The van der Waals surface area contributed by atoms with Gasteiger partial charge >= 0.3 is 0 Å². The lowest BCUT2D eigenvalue weighted by molar-refractivity contribution is 0.204. The number of aromatic nitrogens is 3. The number of halogens is 1. The second kappa shape index (κ2) is 7.38. The molecule has 0 amide bonds. The lowest BCUT2D eigenvalue weighted by atomic mass is 9.90. The summed E-state index contributed by atoms with van der Waals surface area (Å²) >= 11 is 0. The van der Waals surface area contributed by atoms with E-state index in [1.165, 1.54) is 5.56 Å². The van der Waals surface area contributed by atoms with Crippen molar-refractivity contribution in [3.8, 4) is 5.69 Å². The summed E-state index contributed by atoms with van der Waals surface area (Å²) < 4.78 is 16.0. The van der Waals surface area contributed by atoms with Crippen LogP contribution in [-0.4, -0.2) is 32.8 Å². The third-order valence-corrected chi connectivity index (χ3v) is 5.16. The molecule has 2 aromatic heterocycles. The Labute approximate surface area is 153 Å². The third-order valence-electron chi connectivity index (χ3n) is 5.16. The van der Waals surface area contributed by atoms with Crippen molar-refractivity contribution < 1.29 is 4.39 Å². The third kappa shape index (κ3) is 3.68. The molecule has 0 aliphatic carbocycles. The van der Waals surface area contributed by atoms with Crippen LogP contribution in [0.4, 0.5) is 4.39 Å². The molecule has 4 nitrogen and oxygen atoms in total. The molecule has 5 heteroatoms. The zero-order chi connectivity index (χ0) is 17.9. The molecule has 1 aromatic carbocycles. The van der Waals surface area contributed by atoms with Gasteiger partial charge in [-0.25, -0.2) is 9.07 Å². The highest BCUT2D eigenvalue weighted by molar-refractivity contribution is 5.35. The molecule has 26 heavy (non-hydrogen) atoms. The van der Waals surface area contributed by atoms with Crippen LogP contribution in [0.5, 0.6) is 0 Å². The van der Waals surface area contributed by atoms with Gasteiger partial charge in [0, 0.05) is 30.8 Å². The van der Waals surface area contributed by atoms with Gasteiger partial charge in [0.15, 0.2) is 0 Å². The van der Waals surface area contributed by atoms with Gasteiger partial charge in [-0.3, -0.25) is 9.88 Å². The van der Waals surface area contributed by atoms with Crippen LogP contribution in [-0.2, 0) is 6.54 Å². The fourth-order valence-corrected chi connectivity index (χ4v) is 3.65. The summed E-state index contributed by atoms with van der Waals surface area (Å²) in [5.74, 6) is 0.352. The molecule has 1 aliphatic rings. The number of nitrogens with zero attached hydrogens (tertiary/aromatic N) is 4. The standard InChI is InChI=1S/C21H23FN4/c1-16-3-5-19(14-23-16)18-7-11-25(12-8-18)15-17-4-6-21(20(22)13-17)26-10-2-9-24-26/h2-6,9-10,13-14,18H,7-8,11-12,15H2,1H3. The molecule has 0 saturated carbocycles. The molecule has 0 spiro atoms. The average Bonchev–Trinajstić information content (AvgIpc) is 3.18. The van der Waals surface area contributed by atoms with Gasteiger partial charge in [-0.1, -0.05) is 12.1 Å². The highest BCUT2D eigenvalue weighted by atomic mass is 19.1. The summed E-state index contributed by atoms with van der Waals surface area (Å²) in [7, 11) is 0. The van der Waals surface area contributed by atoms with E-state index < -0.39 is 0 Å². The van der Waals surface area contributed by atoms with E-state index in [-0.39, 0.29) is 5.82 Å². The number of benzene rings is 1. The van der Waals surface area contributed by atoms with Gasteiger partial charge < -0.3 is 0 Å². The Balaban J connectivity index is 1.37. The maximum Gasteiger partial charge on any atom is 0.149 e. The highest BCUT2D eigenvalue weighted by Crippen LogP contribution is 2.28. The number of hydrogen-bond donors (Lipinski definition) is 0. The Kier molecular flexibility index (Phi) is 4.80. The number of hydrogen-bond acceptors (Lipinski definition) is 3. The molecule has 1 saturated heterocycles. The Bertz CT molecular complexity index is 850. The van der Waals surface area contributed by atoms with Gasteiger partial charge in [-0.15, -0.1) is 0 Å². The quantitative estimate of drug-likeness (QED) is 0.710. The second-order valence-corrected chi connectivity index (χ2v) is 7.02. The summed E-state index contributed by atoms with van der Waals surface area (Å²) in [6.45, 7) is 4.86. The van der Waals surface area contributed by atoms with Crippen LogP contribution >= 0.6 is 0 Å². The molecular weight excluding hydrogens is 327 g/mol. The fourth-order valence-electron chi connectivity index (χ4n) is 3.65. The molecule has 0 N–H and O–H groups in total.